The zero-order valence-corrected chi connectivity index (χ0v) is 8.18. The van der Waals surface area contributed by atoms with E-state index < -0.39 is 5.60 Å². The van der Waals surface area contributed by atoms with Crippen LogP contribution in [0.1, 0.15) is 39.5 Å². The average Bonchev–Trinajstić information content (AvgIpc) is 1.94. The third kappa shape index (κ3) is 3.11. The van der Waals surface area contributed by atoms with Crippen LogP contribution in [0.2, 0.25) is 0 Å². The molecule has 2 heteroatoms. The molecule has 0 spiro atoms. The second-order valence-electron chi connectivity index (χ2n) is 4.14. The molecule has 0 radical (unpaired) electrons. The topological polar surface area (TPSA) is 29.5 Å². The van der Waals surface area contributed by atoms with E-state index >= 15 is 0 Å². The van der Waals surface area contributed by atoms with Crippen LogP contribution in [0.15, 0.2) is 0 Å². The molecule has 1 unspecified atom stereocenters. The number of hydrogen-bond acceptors (Lipinski definition) is 2. The summed E-state index contributed by atoms with van der Waals surface area (Å²) in [6.45, 7) is 5.02. The van der Waals surface area contributed by atoms with Crippen molar-refractivity contribution in [2.24, 2.45) is 5.92 Å². The van der Waals surface area contributed by atoms with Crippen molar-refractivity contribution >= 4 is 0 Å². The van der Waals surface area contributed by atoms with E-state index in [9.17, 15) is 5.11 Å². The molecule has 1 rings (SSSR count). The maximum Gasteiger partial charge on any atom is 0.0854 e. The molecule has 0 amide bonds. The van der Waals surface area contributed by atoms with Crippen LogP contribution in [0.5, 0.6) is 0 Å². The summed E-state index contributed by atoms with van der Waals surface area (Å²) in [5, 5.41) is 9.86. The van der Waals surface area contributed by atoms with Crippen molar-refractivity contribution < 1.29 is 9.84 Å². The monoisotopic (exact) mass is 172 g/mol. The minimum Gasteiger partial charge on any atom is -0.388 e. The molecule has 0 aromatic rings. The van der Waals surface area contributed by atoms with E-state index in [2.05, 4.69) is 0 Å². The van der Waals surface area contributed by atoms with Crippen LogP contribution in [0.4, 0.5) is 0 Å². The smallest absolute Gasteiger partial charge is 0.0854 e. The Morgan fingerprint density at radius 1 is 1.50 bits per heavy atom. The molecule has 1 N–H and O–H groups in total. The highest BCUT2D eigenvalue weighted by atomic mass is 16.5. The van der Waals surface area contributed by atoms with E-state index in [1.54, 1.807) is 0 Å². The van der Waals surface area contributed by atoms with Gasteiger partial charge in [-0.15, -0.1) is 0 Å². The van der Waals surface area contributed by atoms with Gasteiger partial charge in [0.1, 0.15) is 0 Å². The molecule has 2 nitrogen and oxygen atoms in total. The summed E-state index contributed by atoms with van der Waals surface area (Å²) in [5.41, 5.74) is -0.596. The van der Waals surface area contributed by atoms with Gasteiger partial charge in [0.2, 0.25) is 0 Å². The van der Waals surface area contributed by atoms with Gasteiger partial charge in [0.05, 0.1) is 12.2 Å². The van der Waals surface area contributed by atoms with Gasteiger partial charge >= 0.3 is 0 Å². The van der Waals surface area contributed by atoms with Gasteiger partial charge in [-0.3, -0.25) is 0 Å². The third-order valence-corrected chi connectivity index (χ3v) is 2.57. The van der Waals surface area contributed by atoms with E-state index in [0.29, 0.717) is 13.2 Å². The first-order valence-electron chi connectivity index (χ1n) is 4.94. The lowest BCUT2D eigenvalue weighted by Gasteiger charge is -2.33. The minimum absolute atomic E-state index is 0.486. The van der Waals surface area contributed by atoms with Crippen molar-refractivity contribution in [1.82, 2.24) is 0 Å². The van der Waals surface area contributed by atoms with Crippen molar-refractivity contribution in [1.29, 1.82) is 0 Å². The van der Waals surface area contributed by atoms with Gasteiger partial charge in [-0.25, -0.2) is 0 Å². The van der Waals surface area contributed by atoms with Crippen molar-refractivity contribution in [2.75, 3.05) is 13.2 Å². The highest BCUT2D eigenvalue weighted by molar-refractivity contribution is 4.80. The molecule has 0 aliphatic heterocycles. The van der Waals surface area contributed by atoms with Crippen LogP contribution in [0.25, 0.3) is 0 Å². The quantitative estimate of drug-likeness (QED) is 0.687. The van der Waals surface area contributed by atoms with E-state index in [-0.39, 0.29) is 0 Å². The summed E-state index contributed by atoms with van der Waals surface area (Å²) in [6.07, 6.45) is 4.84. The lowest BCUT2D eigenvalue weighted by atomic mass is 9.78. The van der Waals surface area contributed by atoms with Crippen LogP contribution in [-0.2, 0) is 4.74 Å². The van der Waals surface area contributed by atoms with Crippen LogP contribution in [0, 0.1) is 5.92 Å². The predicted molar refractivity (Wildman–Crippen MR) is 49.1 cm³/mol. The summed E-state index contributed by atoms with van der Waals surface area (Å²) in [7, 11) is 0. The fourth-order valence-corrected chi connectivity index (χ4v) is 1.70. The Labute approximate surface area is 74.9 Å². The molecule has 1 fully saturated rings. The zero-order chi connectivity index (χ0) is 9.03. The lowest BCUT2D eigenvalue weighted by Crippen LogP contribution is -2.35. The van der Waals surface area contributed by atoms with E-state index in [1.165, 1.54) is 19.3 Å². The average molecular weight is 172 g/mol. The van der Waals surface area contributed by atoms with Gasteiger partial charge in [-0.2, -0.15) is 0 Å². The second kappa shape index (κ2) is 4.24. The molecule has 1 aliphatic rings. The second-order valence-corrected chi connectivity index (χ2v) is 4.14. The molecular weight excluding hydrogens is 152 g/mol. The summed E-state index contributed by atoms with van der Waals surface area (Å²) < 4.78 is 5.22. The Balaban J connectivity index is 2.16. The summed E-state index contributed by atoms with van der Waals surface area (Å²) in [5.74, 6) is 0.750. The molecule has 0 aromatic carbocycles. The van der Waals surface area contributed by atoms with Crippen molar-refractivity contribution in [3.63, 3.8) is 0 Å². The maximum absolute atomic E-state index is 9.86. The number of hydrogen-bond donors (Lipinski definition) is 1. The first kappa shape index (κ1) is 10.0. The Kier molecular flexibility index (Phi) is 3.53. The summed E-state index contributed by atoms with van der Waals surface area (Å²) in [6, 6.07) is 0. The molecule has 1 atom stereocenters. The standard InChI is InChI=1S/C10H20O2/c1-3-12-8-10(2,11)7-9-5-4-6-9/h9,11H,3-8H2,1-2H3. The van der Waals surface area contributed by atoms with Crippen LogP contribution in [0.3, 0.4) is 0 Å². The Bertz CT molecular complexity index is 128. The van der Waals surface area contributed by atoms with E-state index in [4.69, 9.17) is 4.74 Å². The SMILES string of the molecule is CCOCC(C)(O)CC1CCC1. The van der Waals surface area contributed by atoms with Crippen molar-refractivity contribution in [3.05, 3.63) is 0 Å². The summed E-state index contributed by atoms with van der Waals surface area (Å²) in [4.78, 5) is 0. The molecule has 0 aromatic heterocycles. The molecule has 12 heavy (non-hydrogen) atoms. The van der Waals surface area contributed by atoms with Crippen LogP contribution >= 0.6 is 0 Å². The fraction of sp³-hybridized carbons (Fsp3) is 1.00. The zero-order valence-electron chi connectivity index (χ0n) is 8.18. The Morgan fingerprint density at radius 3 is 2.58 bits per heavy atom. The summed E-state index contributed by atoms with van der Waals surface area (Å²) >= 11 is 0. The molecule has 0 bridgehead atoms. The maximum atomic E-state index is 9.86. The normalized spacial score (nSPS) is 23.2. The molecule has 1 saturated carbocycles. The lowest BCUT2D eigenvalue weighted by molar-refractivity contribution is -0.0518. The van der Waals surface area contributed by atoms with Gasteiger partial charge in [-0.05, 0) is 26.2 Å². The number of aliphatic hydroxyl groups is 1. The number of ether oxygens (including phenoxy) is 1. The van der Waals surface area contributed by atoms with Gasteiger partial charge in [0, 0.05) is 6.61 Å². The van der Waals surface area contributed by atoms with Crippen LogP contribution in [-0.4, -0.2) is 23.9 Å². The molecule has 1 aliphatic carbocycles. The van der Waals surface area contributed by atoms with Gasteiger partial charge in [0.25, 0.3) is 0 Å². The number of rotatable bonds is 5. The highest BCUT2D eigenvalue weighted by Gasteiger charge is 2.28. The molecule has 0 heterocycles. The Hall–Kier alpha value is -0.0800. The first-order chi connectivity index (χ1) is 5.64. The van der Waals surface area contributed by atoms with Gasteiger partial charge < -0.3 is 9.84 Å². The van der Waals surface area contributed by atoms with E-state index in [1.807, 2.05) is 13.8 Å². The van der Waals surface area contributed by atoms with Gasteiger partial charge in [0.15, 0.2) is 0 Å². The van der Waals surface area contributed by atoms with Crippen LogP contribution < -0.4 is 0 Å². The molecule has 72 valence electrons. The minimum atomic E-state index is -0.596. The fourth-order valence-electron chi connectivity index (χ4n) is 1.70. The first-order valence-corrected chi connectivity index (χ1v) is 4.94. The molecular formula is C10H20O2. The van der Waals surface area contributed by atoms with Crippen molar-refractivity contribution in [3.8, 4) is 0 Å². The molecule has 0 saturated heterocycles. The highest BCUT2D eigenvalue weighted by Crippen LogP contribution is 2.33. The Morgan fingerprint density at radius 2 is 2.17 bits per heavy atom. The predicted octanol–water partition coefficient (Wildman–Crippen LogP) is 1.96. The van der Waals surface area contributed by atoms with E-state index in [0.717, 1.165) is 12.3 Å². The largest absolute Gasteiger partial charge is 0.388 e. The van der Waals surface area contributed by atoms with Gasteiger partial charge in [-0.1, -0.05) is 19.3 Å². The third-order valence-electron chi connectivity index (χ3n) is 2.57. The van der Waals surface area contributed by atoms with Crippen molar-refractivity contribution in [2.45, 2.75) is 45.1 Å².